The average molecular weight is 509 g/mol. The van der Waals surface area contributed by atoms with Crippen molar-refractivity contribution in [2.45, 2.75) is 95.4 Å². The number of alkyl halides is 3. The molecule has 1 aromatic carbocycles. The highest BCUT2D eigenvalue weighted by Crippen LogP contribution is 2.41. The first-order valence-corrected chi connectivity index (χ1v) is 13.5. The van der Waals surface area contributed by atoms with Gasteiger partial charge in [0, 0.05) is 5.69 Å². The van der Waals surface area contributed by atoms with Crippen molar-refractivity contribution < 1.29 is 22.8 Å². The van der Waals surface area contributed by atoms with Crippen molar-refractivity contribution in [1.82, 2.24) is 10.2 Å². The van der Waals surface area contributed by atoms with Crippen molar-refractivity contribution in [2.24, 2.45) is 23.5 Å². The van der Waals surface area contributed by atoms with Gasteiger partial charge in [0.2, 0.25) is 5.91 Å². The lowest BCUT2D eigenvalue weighted by molar-refractivity contribution is -0.150. The monoisotopic (exact) mass is 508 g/mol. The number of anilines is 1. The second-order valence-corrected chi connectivity index (χ2v) is 10.9. The molecule has 0 spiro atoms. The summed E-state index contributed by atoms with van der Waals surface area (Å²) in [6.45, 7) is 1.27. The quantitative estimate of drug-likeness (QED) is 0.439. The van der Waals surface area contributed by atoms with Gasteiger partial charge in [-0.05, 0) is 42.4 Å². The molecule has 0 bridgehead atoms. The van der Waals surface area contributed by atoms with Gasteiger partial charge in [-0.3, -0.25) is 4.79 Å². The highest BCUT2D eigenvalue weighted by molar-refractivity contribution is 5.95. The van der Waals surface area contributed by atoms with Crippen LogP contribution in [0.5, 0.6) is 0 Å². The molecule has 4 N–H and O–H groups in total. The summed E-state index contributed by atoms with van der Waals surface area (Å²) in [6.07, 6.45) is 7.46. The number of hydrogen-bond donors (Lipinski definition) is 3. The van der Waals surface area contributed by atoms with Crippen LogP contribution in [0.4, 0.5) is 23.7 Å². The molecule has 3 aliphatic rings. The molecule has 3 fully saturated rings. The molecule has 1 saturated heterocycles. The normalized spacial score (nSPS) is 24.0. The number of carbonyl (C=O) groups is 2. The second kappa shape index (κ2) is 11.4. The second-order valence-electron chi connectivity index (χ2n) is 10.9. The van der Waals surface area contributed by atoms with Crippen LogP contribution >= 0.6 is 0 Å². The molecule has 3 atom stereocenters. The van der Waals surface area contributed by atoms with Gasteiger partial charge in [0.25, 0.3) is 0 Å². The maximum Gasteiger partial charge on any atom is 0.410 e. The van der Waals surface area contributed by atoms with Gasteiger partial charge in [-0.25, -0.2) is 4.79 Å². The summed E-state index contributed by atoms with van der Waals surface area (Å²) < 4.78 is 39.0. The minimum atomic E-state index is -4.48. The summed E-state index contributed by atoms with van der Waals surface area (Å²) >= 11 is 0. The fourth-order valence-electron chi connectivity index (χ4n) is 6.51. The zero-order chi connectivity index (χ0) is 25.9. The maximum atomic E-state index is 13.2. The molecule has 2 aliphatic carbocycles. The molecule has 0 radical (unpaired) electrons. The summed E-state index contributed by atoms with van der Waals surface area (Å²) in [4.78, 5) is 26.5. The number of carbonyl (C=O) groups excluding carboxylic acids is 2. The molecule has 3 amide bonds. The van der Waals surface area contributed by atoms with Crippen LogP contribution in [-0.2, 0) is 4.79 Å². The fraction of sp³-hybridized carbons (Fsp3) is 0.704. The SMILES string of the molecule is CC(c1ccc(NC(=O)C(N)C(C2CCCCC2)C2CCCCC2)cc1)N1C[C@@H](C(F)(F)F)NC1=O. The largest absolute Gasteiger partial charge is 0.410 e. The molecule has 1 aliphatic heterocycles. The number of benzene rings is 1. The number of urea groups is 1. The molecule has 0 aromatic heterocycles. The van der Waals surface area contributed by atoms with E-state index in [1.54, 1.807) is 31.2 Å². The Labute approximate surface area is 211 Å². The van der Waals surface area contributed by atoms with E-state index in [0.717, 1.165) is 25.7 Å². The van der Waals surface area contributed by atoms with E-state index >= 15 is 0 Å². The predicted octanol–water partition coefficient (Wildman–Crippen LogP) is 5.75. The van der Waals surface area contributed by atoms with E-state index in [1.807, 2.05) is 5.32 Å². The summed E-state index contributed by atoms with van der Waals surface area (Å²) in [7, 11) is 0. The summed E-state index contributed by atoms with van der Waals surface area (Å²) in [5.74, 6) is 1.01. The van der Waals surface area contributed by atoms with E-state index < -0.39 is 36.9 Å². The number of nitrogens with zero attached hydrogens (tertiary/aromatic N) is 1. The van der Waals surface area contributed by atoms with Crippen molar-refractivity contribution in [3.8, 4) is 0 Å². The molecular weight excluding hydrogens is 469 g/mol. The average Bonchev–Trinajstić information content (AvgIpc) is 3.27. The van der Waals surface area contributed by atoms with Crippen LogP contribution < -0.4 is 16.4 Å². The Morgan fingerprint density at radius 2 is 1.53 bits per heavy atom. The van der Waals surface area contributed by atoms with E-state index in [0.29, 0.717) is 23.1 Å². The fourth-order valence-corrected chi connectivity index (χ4v) is 6.51. The number of rotatable bonds is 7. The van der Waals surface area contributed by atoms with Crippen LogP contribution in [0.3, 0.4) is 0 Å². The van der Waals surface area contributed by atoms with Gasteiger partial charge in [-0.15, -0.1) is 0 Å². The van der Waals surface area contributed by atoms with Crippen LogP contribution in [0.15, 0.2) is 24.3 Å². The Kier molecular flexibility index (Phi) is 8.48. The van der Waals surface area contributed by atoms with Crippen molar-refractivity contribution in [2.75, 3.05) is 11.9 Å². The van der Waals surface area contributed by atoms with Crippen LogP contribution in [0.25, 0.3) is 0 Å². The van der Waals surface area contributed by atoms with Gasteiger partial charge in [-0.2, -0.15) is 13.2 Å². The topological polar surface area (TPSA) is 87.5 Å². The third kappa shape index (κ3) is 6.15. The van der Waals surface area contributed by atoms with Crippen LogP contribution in [0, 0.1) is 17.8 Å². The molecule has 1 heterocycles. The standard InChI is InChI=1S/C27H39F3N4O2/c1-17(34-16-22(27(28,29)30)33-26(34)36)18-12-14-21(15-13-18)32-25(35)24(31)23(19-8-4-2-5-9-19)20-10-6-3-7-11-20/h12-15,17,19-20,22-24H,2-11,16,31H2,1H3,(H,32,35)(H,33,36)/t17?,22-,24?/m0/s1. The molecule has 2 unspecified atom stereocenters. The van der Waals surface area contributed by atoms with Crippen molar-refractivity contribution in [3.63, 3.8) is 0 Å². The first-order chi connectivity index (χ1) is 17.1. The lowest BCUT2D eigenvalue weighted by atomic mass is 9.66. The molecule has 36 heavy (non-hydrogen) atoms. The van der Waals surface area contributed by atoms with Gasteiger partial charge < -0.3 is 21.3 Å². The lowest BCUT2D eigenvalue weighted by Crippen LogP contribution is -2.48. The van der Waals surface area contributed by atoms with Crippen LogP contribution in [0.2, 0.25) is 0 Å². The summed E-state index contributed by atoms with van der Waals surface area (Å²) in [6, 6.07) is 3.22. The van der Waals surface area contributed by atoms with E-state index in [9.17, 15) is 22.8 Å². The minimum Gasteiger partial charge on any atom is -0.325 e. The molecule has 1 aromatic rings. The highest BCUT2D eigenvalue weighted by Gasteiger charge is 2.48. The Hall–Kier alpha value is -2.29. The predicted molar refractivity (Wildman–Crippen MR) is 133 cm³/mol. The molecular formula is C27H39F3N4O2. The maximum absolute atomic E-state index is 13.2. The number of amides is 3. The molecule has 6 nitrogen and oxygen atoms in total. The smallest absolute Gasteiger partial charge is 0.325 e. The van der Waals surface area contributed by atoms with E-state index in [1.165, 1.54) is 43.4 Å². The van der Waals surface area contributed by atoms with Gasteiger partial charge in [0.1, 0.15) is 6.04 Å². The van der Waals surface area contributed by atoms with Crippen LogP contribution in [-0.4, -0.2) is 41.6 Å². The minimum absolute atomic E-state index is 0.177. The number of halogens is 3. The third-order valence-electron chi connectivity index (χ3n) is 8.57. The molecule has 4 rings (SSSR count). The van der Waals surface area contributed by atoms with Gasteiger partial charge in [0.05, 0.1) is 18.6 Å². The van der Waals surface area contributed by atoms with Gasteiger partial charge in [0.15, 0.2) is 0 Å². The summed E-state index contributed by atoms with van der Waals surface area (Å²) in [5.41, 5.74) is 7.93. The Bertz CT molecular complexity index is 877. The van der Waals surface area contributed by atoms with E-state index in [4.69, 9.17) is 5.73 Å². The molecule has 2 saturated carbocycles. The first kappa shape index (κ1) is 26.8. The van der Waals surface area contributed by atoms with E-state index in [2.05, 4.69) is 5.32 Å². The zero-order valence-electron chi connectivity index (χ0n) is 21.0. The van der Waals surface area contributed by atoms with E-state index in [-0.39, 0.29) is 11.8 Å². The van der Waals surface area contributed by atoms with Crippen molar-refractivity contribution in [3.05, 3.63) is 29.8 Å². The van der Waals surface area contributed by atoms with Crippen molar-refractivity contribution in [1.29, 1.82) is 0 Å². The van der Waals surface area contributed by atoms with Crippen molar-refractivity contribution >= 4 is 17.6 Å². The Morgan fingerprint density at radius 3 is 2.00 bits per heavy atom. The van der Waals surface area contributed by atoms with Gasteiger partial charge >= 0.3 is 12.2 Å². The number of hydrogen-bond acceptors (Lipinski definition) is 3. The van der Waals surface area contributed by atoms with Gasteiger partial charge in [-0.1, -0.05) is 76.3 Å². The zero-order valence-corrected chi connectivity index (χ0v) is 21.0. The summed E-state index contributed by atoms with van der Waals surface area (Å²) in [5, 5.41) is 4.97. The lowest BCUT2D eigenvalue weighted by Gasteiger charge is -2.40. The Morgan fingerprint density at radius 1 is 1.00 bits per heavy atom. The highest BCUT2D eigenvalue weighted by atomic mass is 19.4. The third-order valence-corrected chi connectivity index (χ3v) is 8.57. The Balaban J connectivity index is 1.40. The first-order valence-electron chi connectivity index (χ1n) is 13.5. The number of nitrogens with two attached hydrogens (primary N) is 1. The molecule has 9 heteroatoms. The number of nitrogens with one attached hydrogen (secondary N) is 2. The molecule has 200 valence electrons. The van der Waals surface area contributed by atoms with Crippen LogP contribution in [0.1, 0.15) is 82.7 Å².